The van der Waals surface area contributed by atoms with Gasteiger partial charge >= 0.3 is 0 Å². The van der Waals surface area contributed by atoms with Gasteiger partial charge in [0.2, 0.25) is 5.91 Å². The Bertz CT molecular complexity index is 398. The molecule has 18 heavy (non-hydrogen) atoms. The predicted octanol–water partition coefficient (Wildman–Crippen LogP) is 1.60. The first kappa shape index (κ1) is 13.8. The van der Waals surface area contributed by atoms with Crippen molar-refractivity contribution in [3.05, 3.63) is 0 Å². The molecule has 5 heteroatoms. The molecular formula is C13H23NO3S. The van der Waals surface area contributed by atoms with Crippen molar-refractivity contribution in [2.75, 3.05) is 18.6 Å². The summed E-state index contributed by atoms with van der Waals surface area (Å²) in [4.78, 5) is 13.7. The molecule has 104 valence electrons. The highest BCUT2D eigenvalue weighted by molar-refractivity contribution is 7.91. The molecule has 4 nitrogen and oxygen atoms in total. The molecule has 0 spiro atoms. The van der Waals surface area contributed by atoms with Crippen LogP contribution in [0.2, 0.25) is 0 Å². The Kier molecular flexibility index (Phi) is 4.30. The molecule has 0 aromatic heterocycles. The standard InChI is InChI=1S/C13H23NO3S/c1-14(12-8-9-18(16,17)10-12)13(15)7-6-11-4-2-3-5-11/h11-12H,2-10H2,1H3. The highest BCUT2D eigenvalue weighted by Crippen LogP contribution is 2.29. The van der Waals surface area contributed by atoms with E-state index in [1.165, 1.54) is 25.7 Å². The fourth-order valence-corrected chi connectivity index (χ4v) is 4.86. The van der Waals surface area contributed by atoms with Gasteiger partial charge in [-0.1, -0.05) is 25.7 Å². The third kappa shape index (κ3) is 3.46. The van der Waals surface area contributed by atoms with Crippen LogP contribution in [0.1, 0.15) is 44.9 Å². The molecule has 1 heterocycles. The molecule has 0 bridgehead atoms. The molecule has 0 aromatic rings. The van der Waals surface area contributed by atoms with Gasteiger partial charge in [-0.3, -0.25) is 4.79 Å². The van der Waals surface area contributed by atoms with E-state index in [1.54, 1.807) is 11.9 Å². The molecular weight excluding hydrogens is 250 g/mol. The Balaban J connectivity index is 1.78. The van der Waals surface area contributed by atoms with Gasteiger partial charge in [0, 0.05) is 19.5 Å². The van der Waals surface area contributed by atoms with Gasteiger partial charge in [-0.05, 0) is 18.8 Å². The summed E-state index contributed by atoms with van der Waals surface area (Å²) in [5, 5.41) is 0. The molecule has 1 atom stereocenters. The van der Waals surface area contributed by atoms with Crippen molar-refractivity contribution in [2.45, 2.75) is 51.0 Å². The Morgan fingerprint density at radius 2 is 1.89 bits per heavy atom. The summed E-state index contributed by atoms with van der Waals surface area (Å²) in [5.41, 5.74) is 0. The monoisotopic (exact) mass is 273 g/mol. The number of carbonyl (C=O) groups excluding carboxylic acids is 1. The number of nitrogens with zero attached hydrogens (tertiary/aromatic N) is 1. The fraction of sp³-hybridized carbons (Fsp3) is 0.923. The average molecular weight is 273 g/mol. The second kappa shape index (κ2) is 5.59. The third-order valence-electron chi connectivity index (χ3n) is 4.39. The maximum absolute atomic E-state index is 12.0. The van der Waals surface area contributed by atoms with Crippen molar-refractivity contribution in [3.63, 3.8) is 0 Å². The van der Waals surface area contributed by atoms with Crippen LogP contribution in [0.15, 0.2) is 0 Å². The van der Waals surface area contributed by atoms with Gasteiger partial charge in [-0.2, -0.15) is 0 Å². The Hall–Kier alpha value is -0.580. The third-order valence-corrected chi connectivity index (χ3v) is 6.14. The maximum atomic E-state index is 12.0. The summed E-state index contributed by atoms with van der Waals surface area (Å²) in [5.74, 6) is 1.22. The van der Waals surface area contributed by atoms with Crippen LogP contribution in [0, 0.1) is 5.92 Å². The van der Waals surface area contributed by atoms with E-state index in [4.69, 9.17) is 0 Å². The highest BCUT2D eigenvalue weighted by atomic mass is 32.2. The molecule has 1 aliphatic carbocycles. The lowest BCUT2D eigenvalue weighted by atomic mass is 10.0. The Labute approximate surface area is 110 Å². The first-order valence-electron chi connectivity index (χ1n) is 6.94. The van der Waals surface area contributed by atoms with Crippen molar-refractivity contribution >= 4 is 15.7 Å². The molecule has 1 amide bonds. The van der Waals surface area contributed by atoms with Gasteiger partial charge in [0.15, 0.2) is 9.84 Å². The molecule has 2 fully saturated rings. The minimum atomic E-state index is -2.90. The van der Waals surface area contributed by atoms with Crippen molar-refractivity contribution in [1.29, 1.82) is 0 Å². The quantitative estimate of drug-likeness (QED) is 0.782. The van der Waals surface area contributed by atoms with Gasteiger partial charge in [0.1, 0.15) is 0 Å². The van der Waals surface area contributed by atoms with Crippen LogP contribution >= 0.6 is 0 Å². The van der Waals surface area contributed by atoms with Crippen LogP contribution in [0.5, 0.6) is 0 Å². The lowest BCUT2D eigenvalue weighted by Crippen LogP contribution is -2.37. The second-order valence-electron chi connectivity index (χ2n) is 5.75. The fourth-order valence-electron chi connectivity index (χ4n) is 3.09. The summed E-state index contributed by atoms with van der Waals surface area (Å²) in [7, 11) is -1.15. The van der Waals surface area contributed by atoms with E-state index in [-0.39, 0.29) is 23.5 Å². The molecule has 2 aliphatic rings. The summed E-state index contributed by atoms with van der Waals surface area (Å²) in [6.07, 6.45) is 7.28. The average Bonchev–Trinajstić information content (AvgIpc) is 2.94. The number of rotatable bonds is 4. The normalized spacial score (nSPS) is 27.5. The first-order chi connectivity index (χ1) is 8.48. The lowest BCUT2D eigenvalue weighted by Gasteiger charge is -2.24. The van der Waals surface area contributed by atoms with Crippen LogP contribution in [-0.2, 0) is 14.6 Å². The zero-order chi connectivity index (χ0) is 13.2. The molecule has 1 aliphatic heterocycles. The van der Waals surface area contributed by atoms with E-state index in [9.17, 15) is 13.2 Å². The SMILES string of the molecule is CN(C(=O)CCC1CCCC1)C1CCS(=O)(=O)C1. The Morgan fingerprint density at radius 1 is 1.22 bits per heavy atom. The molecule has 1 unspecified atom stereocenters. The van der Waals surface area contributed by atoms with Crippen LogP contribution in [0.4, 0.5) is 0 Å². The van der Waals surface area contributed by atoms with Crippen molar-refractivity contribution in [2.24, 2.45) is 5.92 Å². The summed E-state index contributed by atoms with van der Waals surface area (Å²) >= 11 is 0. The summed E-state index contributed by atoms with van der Waals surface area (Å²) < 4.78 is 22.8. The van der Waals surface area contributed by atoms with Crippen LogP contribution in [0.3, 0.4) is 0 Å². The van der Waals surface area contributed by atoms with E-state index >= 15 is 0 Å². The molecule has 1 saturated carbocycles. The zero-order valence-corrected chi connectivity index (χ0v) is 11.9. The van der Waals surface area contributed by atoms with Gasteiger partial charge < -0.3 is 4.90 Å². The van der Waals surface area contributed by atoms with E-state index in [0.717, 1.165) is 12.3 Å². The second-order valence-corrected chi connectivity index (χ2v) is 7.98. The van der Waals surface area contributed by atoms with Gasteiger partial charge in [-0.25, -0.2) is 8.42 Å². The van der Waals surface area contributed by atoms with Crippen LogP contribution in [-0.4, -0.2) is 43.8 Å². The molecule has 0 N–H and O–H groups in total. The van der Waals surface area contributed by atoms with E-state index in [2.05, 4.69) is 0 Å². The van der Waals surface area contributed by atoms with Gasteiger partial charge in [0.05, 0.1) is 11.5 Å². The molecule has 0 aromatic carbocycles. The van der Waals surface area contributed by atoms with Gasteiger partial charge in [0.25, 0.3) is 0 Å². The van der Waals surface area contributed by atoms with Crippen molar-refractivity contribution in [1.82, 2.24) is 4.90 Å². The summed E-state index contributed by atoms with van der Waals surface area (Å²) in [6.45, 7) is 0. The number of amides is 1. The number of sulfone groups is 1. The summed E-state index contributed by atoms with van der Waals surface area (Å²) in [6, 6.07) is -0.0916. The topological polar surface area (TPSA) is 54.5 Å². The smallest absolute Gasteiger partial charge is 0.222 e. The van der Waals surface area contributed by atoms with Crippen molar-refractivity contribution in [3.8, 4) is 0 Å². The highest BCUT2D eigenvalue weighted by Gasteiger charge is 2.32. The molecule has 1 saturated heterocycles. The van der Waals surface area contributed by atoms with Gasteiger partial charge in [-0.15, -0.1) is 0 Å². The minimum Gasteiger partial charge on any atom is -0.342 e. The number of hydrogen-bond donors (Lipinski definition) is 0. The molecule has 2 rings (SSSR count). The van der Waals surface area contributed by atoms with E-state index in [1.807, 2.05) is 0 Å². The minimum absolute atomic E-state index is 0.0916. The maximum Gasteiger partial charge on any atom is 0.222 e. The number of hydrogen-bond acceptors (Lipinski definition) is 3. The van der Waals surface area contributed by atoms with Crippen LogP contribution in [0.25, 0.3) is 0 Å². The van der Waals surface area contributed by atoms with E-state index < -0.39 is 9.84 Å². The molecule has 0 radical (unpaired) electrons. The first-order valence-corrected chi connectivity index (χ1v) is 8.76. The zero-order valence-electron chi connectivity index (χ0n) is 11.1. The predicted molar refractivity (Wildman–Crippen MR) is 71.0 cm³/mol. The Morgan fingerprint density at radius 3 is 2.44 bits per heavy atom. The number of carbonyl (C=O) groups is 1. The largest absolute Gasteiger partial charge is 0.342 e. The van der Waals surface area contributed by atoms with Crippen LogP contribution < -0.4 is 0 Å². The van der Waals surface area contributed by atoms with E-state index in [0.29, 0.717) is 12.8 Å². The lowest BCUT2D eigenvalue weighted by molar-refractivity contribution is -0.131. The van der Waals surface area contributed by atoms with Crippen molar-refractivity contribution < 1.29 is 13.2 Å².